The van der Waals surface area contributed by atoms with E-state index in [2.05, 4.69) is 16.7 Å². The minimum Gasteiger partial charge on any atom is -1.00 e. The Hall–Kier alpha value is -0.0300. The van der Waals surface area contributed by atoms with Crippen LogP contribution in [0.1, 0.15) is 26.2 Å². The SMILES string of the molecule is CCCCN1C=CN(CCCP(=O)(O)O)C1.[Br-]. The van der Waals surface area contributed by atoms with Crippen molar-refractivity contribution in [2.24, 2.45) is 0 Å². The van der Waals surface area contributed by atoms with E-state index in [0.717, 1.165) is 13.2 Å². The third-order valence-electron chi connectivity index (χ3n) is 2.55. The fourth-order valence-corrected chi connectivity index (χ4v) is 2.20. The van der Waals surface area contributed by atoms with Crippen molar-refractivity contribution in [2.75, 3.05) is 25.9 Å². The van der Waals surface area contributed by atoms with Crippen LogP contribution in [0.2, 0.25) is 0 Å². The fourth-order valence-electron chi connectivity index (χ4n) is 1.65. The van der Waals surface area contributed by atoms with Crippen LogP contribution in [0, 0.1) is 0 Å². The van der Waals surface area contributed by atoms with Crippen LogP contribution in [0.5, 0.6) is 0 Å². The maximum atomic E-state index is 10.7. The molecule has 1 aliphatic heterocycles. The first kappa shape index (κ1) is 17.0. The van der Waals surface area contributed by atoms with Crippen molar-refractivity contribution >= 4 is 7.60 Å². The first-order valence-corrected chi connectivity index (χ1v) is 7.52. The highest BCUT2D eigenvalue weighted by Gasteiger charge is 2.15. The Labute approximate surface area is 113 Å². The minimum atomic E-state index is -3.82. The molecule has 0 saturated carbocycles. The van der Waals surface area contributed by atoms with Crippen LogP contribution in [0.4, 0.5) is 0 Å². The summed E-state index contributed by atoms with van der Waals surface area (Å²) in [6, 6.07) is 0. The maximum absolute atomic E-state index is 10.7. The van der Waals surface area contributed by atoms with Gasteiger partial charge in [-0.1, -0.05) is 13.3 Å². The number of unbranched alkanes of at least 4 members (excludes halogenated alkanes) is 1. The average molecular weight is 328 g/mol. The number of rotatable bonds is 7. The molecule has 2 N–H and O–H groups in total. The molecule has 1 rings (SSSR count). The lowest BCUT2D eigenvalue weighted by atomic mass is 10.3. The van der Waals surface area contributed by atoms with Gasteiger partial charge in [0.1, 0.15) is 0 Å². The monoisotopic (exact) mass is 327 g/mol. The van der Waals surface area contributed by atoms with Gasteiger partial charge < -0.3 is 36.6 Å². The van der Waals surface area contributed by atoms with Crippen LogP contribution in [0.15, 0.2) is 12.4 Å². The molecule has 17 heavy (non-hydrogen) atoms. The zero-order chi connectivity index (χ0) is 12.0. The molecule has 0 bridgehead atoms. The van der Waals surface area contributed by atoms with Crippen molar-refractivity contribution in [1.82, 2.24) is 9.80 Å². The number of halogens is 1. The quantitative estimate of drug-likeness (QED) is 0.552. The van der Waals surface area contributed by atoms with Gasteiger partial charge in [-0.2, -0.15) is 0 Å². The predicted molar refractivity (Wildman–Crippen MR) is 63.9 cm³/mol. The smallest absolute Gasteiger partial charge is 0.325 e. The van der Waals surface area contributed by atoms with E-state index >= 15 is 0 Å². The van der Waals surface area contributed by atoms with Crippen molar-refractivity contribution in [3.63, 3.8) is 0 Å². The van der Waals surface area contributed by atoms with Crippen molar-refractivity contribution in [2.45, 2.75) is 26.2 Å². The summed E-state index contributed by atoms with van der Waals surface area (Å²) in [5, 5.41) is 0. The Morgan fingerprint density at radius 3 is 2.18 bits per heavy atom. The second kappa shape index (κ2) is 8.14. The molecular formula is C10H21BrN2O3P-. The maximum Gasteiger partial charge on any atom is 0.325 e. The van der Waals surface area contributed by atoms with Crippen LogP contribution >= 0.6 is 7.60 Å². The molecule has 0 fully saturated rings. The Kier molecular flexibility index (Phi) is 8.12. The summed E-state index contributed by atoms with van der Waals surface area (Å²) in [6.07, 6.45) is 6.92. The van der Waals surface area contributed by atoms with Crippen LogP contribution in [-0.2, 0) is 4.57 Å². The normalized spacial score (nSPS) is 15.2. The molecule has 0 aliphatic carbocycles. The highest BCUT2D eigenvalue weighted by molar-refractivity contribution is 7.51. The van der Waals surface area contributed by atoms with Crippen LogP contribution in [0.25, 0.3) is 0 Å². The zero-order valence-electron chi connectivity index (χ0n) is 10.1. The van der Waals surface area contributed by atoms with E-state index < -0.39 is 7.60 Å². The Balaban J connectivity index is 0.00000256. The van der Waals surface area contributed by atoms with Gasteiger partial charge in [0.05, 0.1) is 12.8 Å². The van der Waals surface area contributed by atoms with Crippen molar-refractivity contribution in [3.05, 3.63) is 12.4 Å². The van der Waals surface area contributed by atoms with E-state index in [-0.39, 0.29) is 23.1 Å². The van der Waals surface area contributed by atoms with E-state index in [1.165, 1.54) is 12.8 Å². The molecule has 0 saturated heterocycles. The largest absolute Gasteiger partial charge is 1.00 e. The summed E-state index contributed by atoms with van der Waals surface area (Å²) in [4.78, 5) is 21.8. The zero-order valence-corrected chi connectivity index (χ0v) is 12.6. The van der Waals surface area contributed by atoms with E-state index in [1.807, 2.05) is 12.4 Å². The van der Waals surface area contributed by atoms with Gasteiger partial charge in [0.2, 0.25) is 0 Å². The van der Waals surface area contributed by atoms with E-state index in [4.69, 9.17) is 9.79 Å². The van der Waals surface area contributed by atoms with E-state index in [9.17, 15) is 4.57 Å². The fraction of sp³-hybridized carbons (Fsp3) is 0.800. The molecule has 102 valence electrons. The molecule has 0 aromatic carbocycles. The van der Waals surface area contributed by atoms with Gasteiger partial charge in [-0.05, 0) is 12.8 Å². The van der Waals surface area contributed by atoms with Crippen LogP contribution in [-0.4, -0.2) is 45.5 Å². The molecule has 0 radical (unpaired) electrons. The van der Waals surface area contributed by atoms with Crippen molar-refractivity contribution in [3.8, 4) is 0 Å². The molecule has 0 unspecified atom stereocenters. The van der Waals surface area contributed by atoms with Gasteiger partial charge in [0, 0.05) is 25.5 Å². The summed E-state index contributed by atoms with van der Waals surface area (Å²) >= 11 is 0. The topological polar surface area (TPSA) is 64.0 Å². The molecule has 0 aromatic heterocycles. The van der Waals surface area contributed by atoms with Gasteiger partial charge in [-0.15, -0.1) is 0 Å². The Morgan fingerprint density at radius 2 is 1.71 bits per heavy atom. The summed E-state index contributed by atoms with van der Waals surface area (Å²) < 4.78 is 10.7. The van der Waals surface area contributed by atoms with Crippen molar-refractivity contribution in [1.29, 1.82) is 0 Å². The lowest BCUT2D eigenvalue weighted by Gasteiger charge is -2.21. The molecule has 0 aromatic rings. The lowest BCUT2D eigenvalue weighted by molar-refractivity contribution is -0.00000875. The Bertz CT molecular complexity index is 283. The van der Waals surface area contributed by atoms with Gasteiger partial charge in [0.25, 0.3) is 0 Å². The second-order valence-corrected chi connectivity index (χ2v) is 5.94. The van der Waals surface area contributed by atoms with Gasteiger partial charge in [0.15, 0.2) is 0 Å². The number of hydrogen-bond acceptors (Lipinski definition) is 3. The number of nitrogens with zero attached hydrogens (tertiary/aromatic N) is 2. The molecule has 5 nitrogen and oxygen atoms in total. The Morgan fingerprint density at radius 1 is 1.18 bits per heavy atom. The standard InChI is InChI=1S/C10H21N2O3P.BrH/c1-2-3-5-11-7-8-12(10-11)6-4-9-16(13,14)15;/h7-8H,2-6,9-10H2,1H3,(H2,13,14,15);1H/p-1. The first-order chi connectivity index (χ1) is 7.51. The van der Waals surface area contributed by atoms with Crippen LogP contribution < -0.4 is 17.0 Å². The summed E-state index contributed by atoms with van der Waals surface area (Å²) in [7, 11) is -3.82. The molecule has 0 amide bonds. The molecule has 1 heterocycles. The minimum absolute atomic E-state index is 0. The third-order valence-corrected chi connectivity index (χ3v) is 3.44. The van der Waals surface area contributed by atoms with Gasteiger partial charge in [-0.25, -0.2) is 0 Å². The molecular weight excluding hydrogens is 307 g/mol. The predicted octanol–water partition coefficient (Wildman–Crippen LogP) is -1.60. The van der Waals surface area contributed by atoms with Crippen molar-refractivity contribution < 1.29 is 31.3 Å². The van der Waals surface area contributed by atoms with E-state index in [1.54, 1.807) is 0 Å². The second-order valence-electron chi connectivity index (χ2n) is 4.16. The lowest BCUT2D eigenvalue weighted by Crippen LogP contribution is -3.00. The summed E-state index contributed by atoms with van der Waals surface area (Å²) in [5.74, 6) is 0. The third kappa shape index (κ3) is 7.82. The summed E-state index contributed by atoms with van der Waals surface area (Å²) in [6.45, 7) is 4.78. The van der Waals surface area contributed by atoms with Crippen LogP contribution in [0.3, 0.4) is 0 Å². The average Bonchev–Trinajstić information content (AvgIpc) is 2.61. The molecule has 0 atom stereocenters. The summed E-state index contributed by atoms with van der Waals surface area (Å²) in [5.41, 5.74) is 0. The number of hydrogen-bond donors (Lipinski definition) is 2. The molecule has 1 aliphatic rings. The van der Waals surface area contributed by atoms with Gasteiger partial charge in [-0.3, -0.25) is 4.57 Å². The van der Waals surface area contributed by atoms with E-state index in [0.29, 0.717) is 13.0 Å². The highest BCUT2D eigenvalue weighted by atomic mass is 79.9. The molecule has 0 spiro atoms. The molecule has 7 heteroatoms. The highest BCUT2D eigenvalue weighted by Crippen LogP contribution is 2.34. The van der Waals surface area contributed by atoms with Gasteiger partial charge >= 0.3 is 7.60 Å². The first-order valence-electron chi connectivity index (χ1n) is 5.72.